The molecule has 0 saturated carbocycles. The van der Waals surface area contributed by atoms with Gasteiger partial charge in [0, 0.05) is 19.8 Å². The minimum absolute atomic E-state index is 0.166. The number of hydrogen-bond acceptors (Lipinski definition) is 3. The van der Waals surface area contributed by atoms with Crippen LogP contribution in [0.2, 0.25) is 5.15 Å². The van der Waals surface area contributed by atoms with Gasteiger partial charge in [-0.25, -0.2) is 4.39 Å². The number of halogens is 2. The molecule has 2 rings (SSSR count). The van der Waals surface area contributed by atoms with E-state index >= 15 is 0 Å². The van der Waals surface area contributed by atoms with Crippen molar-refractivity contribution in [2.24, 2.45) is 7.05 Å². The second kappa shape index (κ2) is 6.78. The summed E-state index contributed by atoms with van der Waals surface area (Å²) in [6.07, 6.45) is 0. The number of likely N-dealkylation sites (N-methyl/N-ethyl adjacent to an activating group) is 1. The van der Waals surface area contributed by atoms with Crippen LogP contribution in [0.4, 0.5) is 10.1 Å². The number of benzene rings is 1. The normalized spacial score (nSPS) is 10.5. The molecule has 0 aliphatic carbocycles. The maximum atomic E-state index is 12.8. The van der Waals surface area contributed by atoms with Gasteiger partial charge in [0.05, 0.1) is 17.8 Å². The van der Waals surface area contributed by atoms with Crippen LogP contribution in [0.15, 0.2) is 24.3 Å². The molecule has 122 valence electrons. The molecule has 8 heteroatoms. The molecule has 6 nitrogen and oxygen atoms in total. The Labute approximate surface area is 137 Å². The Balaban J connectivity index is 2.03. The molecule has 0 bridgehead atoms. The van der Waals surface area contributed by atoms with Crippen LogP contribution >= 0.6 is 11.6 Å². The number of nitrogens with zero attached hydrogens (tertiary/aromatic N) is 3. The van der Waals surface area contributed by atoms with E-state index in [2.05, 4.69) is 10.4 Å². The predicted octanol–water partition coefficient (Wildman–Crippen LogP) is 2.23. The lowest BCUT2D eigenvalue weighted by molar-refractivity contribution is -0.116. The van der Waals surface area contributed by atoms with Crippen molar-refractivity contribution < 1.29 is 14.0 Å². The molecule has 0 fully saturated rings. The molecule has 1 N–H and O–H groups in total. The SMILES string of the molecule is Cc1nn(C)c(Cl)c1C(=O)N(C)CC(=O)Nc1ccc(F)cc1. The minimum atomic E-state index is -0.398. The van der Waals surface area contributed by atoms with Gasteiger partial charge in [0.15, 0.2) is 0 Å². The fourth-order valence-corrected chi connectivity index (χ4v) is 2.34. The predicted molar refractivity (Wildman–Crippen MR) is 84.9 cm³/mol. The Kier molecular flexibility index (Phi) is 5.00. The highest BCUT2D eigenvalue weighted by Gasteiger charge is 2.23. The molecule has 0 atom stereocenters. The zero-order valence-corrected chi connectivity index (χ0v) is 13.7. The van der Waals surface area contributed by atoms with Crippen molar-refractivity contribution in [3.05, 3.63) is 46.5 Å². The second-order valence-corrected chi connectivity index (χ2v) is 5.45. The van der Waals surface area contributed by atoms with Crippen molar-refractivity contribution >= 4 is 29.1 Å². The van der Waals surface area contributed by atoms with E-state index < -0.39 is 17.6 Å². The summed E-state index contributed by atoms with van der Waals surface area (Å²) in [5, 5.41) is 6.88. The fourth-order valence-electron chi connectivity index (χ4n) is 2.08. The average Bonchev–Trinajstić information content (AvgIpc) is 2.73. The number of amides is 2. The van der Waals surface area contributed by atoms with Gasteiger partial charge >= 0.3 is 0 Å². The summed E-state index contributed by atoms with van der Waals surface area (Å²) in [5.41, 5.74) is 1.22. The first-order valence-corrected chi connectivity index (χ1v) is 7.17. The molecule has 23 heavy (non-hydrogen) atoms. The fraction of sp³-hybridized carbons (Fsp3) is 0.267. The number of aromatic nitrogens is 2. The third kappa shape index (κ3) is 3.87. The lowest BCUT2D eigenvalue weighted by Gasteiger charge is -2.16. The molecular weight excluding hydrogens is 323 g/mol. The number of carbonyl (C=O) groups is 2. The summed E-state index contributed by atoms with van der Waals surface area (Å²) in [5.74, 6) is -1.18. The maximum absolute atomic E-state index is 12.8. The van der Waals surface area contributed by atoms with Crippen molar-refractivity contribution in [2.75, 3.05) is 18.9 Å². The highest BCUT2D eigenvalue weighted by molar-refractivity contribution is 6.33. The number of aryl methyl sites for hydroxylation is 2. The zero-order valence-electron chi connectivity index (χ0n) is 12.9. The van der Waals surface area contributed by atoms with E-state index in [-0.39, 0.29) is 17.3 Å². The number of nitrogens with one attached hydrogen (secondary N) is 1. The summed E-state index contributed by atoms with van der Waals surface area (Å²) in [6.45, 7) is 1.51. The van der Waals surface area contributed by atoms with Crippen LogP contribution in [0.1, 0.15) is 16.1 Å². The van der Waals surface area contributed by atoms with E-state index in [0.717, 1.165) is 0 Å². The molecule has 0 radical (unpaired) electrons. The lowest BCUT2D eigenvalue weighted by atomic mass is 10.2. The molecule has 0 aliphatic rings. The molecule has 0 unspecified atom stereocenters. The quantitative estimate of drug-likeness (QED) is 0.929. The van der Waals surface area contributed by atoms with Crippen molar-refractivity contribution in [1.29, 1.82) is 0 Å². The lowest BCUT2D eigenvalue weighted by Crippen LogP contribution is -2.35. The van der Waals surface area contributed by atoms with Crippen LogP contribution in [0, 0.1) is 12.7 Å². The second-order valence-electron chi connectivity index (χ2n) is 5.09. The Morgan fingerprint density at radius 3 is 2.48 bits per heavy atom. The minimum Gasteiger partial charge on any atom is -0.332 e. The van der Waals surface area contributed by atoms with Gasteiger partial charge in [-0.2, -0.15) is 5.10 Å². The van der Waals surface area contributed by atoms with Gasteiger partial charge in [-0.1, -0.05) is 11.6 Å². The first-order chi connectivity index (χ1) is 10.8. The average molecular weight is 339 g/mol. The topological polar surface area (TPSA) is 67.2 Å². The Hall–Kier alpha value is -2.41. The smallest absolute Gasteiger partial charge is 0.259 e. The molecule has 0 spiro atoms. The van der Waals surface area contributed by atoms with Gasteiger partial charge < -0.3 is 10.2 Å². The number of carbonyl (C=O) groups excluding carboxylic acids is 2. The molecule has 2 amide bonds. The van der Waals surface area contributed by atoms with Gasteiger partial charge in [0.1, 0.15) is 11.0 Å². The van der Waals surface area contributed by atoms with Gasteiger partial charge in [-0.15, -0.1) is 0 Å². The molecule has 1 heterocycles. The summed E-state index contributed by atoms with van der Waals surface area (Å²) < 4.78 is 14.2. The Morgan fingerprint density at radius 1 is 1.35 bits per heavy atom. The van der Waals surface area contributed by atoms with E-state index in [9.17, 15) is 14.0 Å². The van der Waals surface area contributed by atoms with Crippen LogP contribution in [0.25, 0.3) is 0 Å². The molecular formula is C15H16ClFN4O2. The van der Waals surface area contributed by atoms with E-state index in [0.29, 0.717) is 11.4 Å². The summed E-state index contributed by atoms with van der Waals surface area (Å²) in [6, 6.07) is 5.36. The highest BCUT2D eigenvalue weighted by atomic mass is 35.5. The first-order valence-electron chi connectivity index (χ1n) is 6.79. The largest absolute Gasteiger partial charge is 0.332 e. The standard InChI is InChI=1S/C15H16ClFN4O2/c1-9-13(14(16)21(3)19-9)15(23)20(2)8-12(22)18-11-6-4-10(17)5-7-11/h4-7H,8H2,1-3H3,(H,18,22). The number of anilines is 1. The Bertz CT molecular complexity index is 743. The molecule has 0 aliphatic heterocycles. The molecule has 0 saturated heterocycles. The summed E-state index contributed by atoms with van der Waals surface area (Å²) in [7, 11) is 3.13. The van der Waals surface area contributed by atoms with Gasteiger partial charge in [-0.3, -0.25) is 14.3 Å². The van der Waals surface area contributed by atoms with E-state index in [1.54, 1.807) is 14.0 Å². The summed E-state index contributed by atoms with van der Waals surface area (Å²) in [4.78, 5) is 25.6. The molecule has 2 aromatic rings. The van der Waals surface area contributed by atoms with E-state index in [1.165, 1.54) is 40.9 Å². The highest BCUT2D eigenvalue weighted by Crippen LogP contribution is 2.20. The van der Waals surface area contributed by atoms with Crippen LogP contribution in [0.5, 0.6) is 0 Å². The van der Waals surface area contributed by atoms with Crippen LogP contribution in [0.3, 0.4) is 0 Å². The zero-order chi connectivity index (χ0) is 17.1. The molecule has 1 aromatic carbocycles. The van der Waals surface area contributed by atoms with E-state index in [4.69, 9.17) is 11.6 Å². The maximum Gasteiger partial charge on any atom is 0.259 e. The van der Waals surface area contributed by atoms with Gasteiger partial charge in [-0.05, 0) is 31.2 Å². The third-order valence-electron chi connectivity index (χ3n) is 3.22. The number of rotatable bonds is 4. The van der Waals surface area contributed by atoms with Gasteiger partial charge in [0.2, 0.25) is 5.91 Å². The molecule has 1 aromatic heterocycles. The first kappa shape index (κ1) is 17.0. The third-order valence-corrected chi connectivity index (χ3v) is 3.66. The van der Waals surface area contributed by atoms with Gasteiger partial charge in [0.25, 0.3) is 5.91 Å². The van der Waals surface area contributed by atoms with Crippen molar-refractivity contribution in [3.8, 4) is 0 Å². The van der Waals surface area contributed by atoms with Crippen LogP contribution in [-0.4, -0.2) is 40.1 Å². The Morgan fingerprint density at radius 2 is 1.96 bits per heavy atom. The van der Waals surface area contributed by atoms with Crippen LogP contribution in [-0.2, 0) is 11.8 Å². The van der Waals surface area contributed by atoms with E-state index in [1.807, 2.05) is 0 Å². The van der Waals surface area contributed by atoms with Crippen molar-refractivity contribution in [2.45, 2.75) is 6.92 Å². The van der Waals surface area contributed by atoms with Crippen LogP contribution < -0.4 is 5.32 Å². The number of hydrogen-bond donors (Lipinski definition) is 1. The van der Waals surface area contributed by atoms with Crippen molar-refractivity contribution in [1.82, 2.24) is 14.7 Å². The summed E-state index contributed by atoms with van der Waals surface area (Å²) >= 11 is 6.05. The van der Waals surface area contributed by atoms with Crippen molar-refractivity contribution in [3.63, 3.8) is 0 Å². The monoisotopic (exact) mass is 338 g/mol.